The molecule has 2 aliphatic rings. The lowest BCUT2D eigenvalue weighted by molar-refractivity contribution is -0.123. The van der Waals surface area contributed by atoms with Crippen LogP contribution in [0.3, 0.4) is 0 Å². The molecule has 1 saturated carbocycles. The van der Waals surface area contributed by atoms with E-state index in [-0.39, 0.29) is 23.7 Å². The van der Waals surface area contributed by atoms with Crippen molar-refractivity contribution in [1.29, 1.82) is 0 Å². The summed E-state index contributed by atoms with van der Waals surface area (Å²) in [5.74, 6) is -0.0294. The Kier molecular flexibility index (Phi) is 4.47. The highest BCUT2D eigenvalue weighted by Gasteiger charge is 2.32. The summed E-state index contributed by atoms with van der Waals surface area (Å²) in [7, 11) is 0. The van der Waals surface area contributed by atoms with Gasteiger partial charge in [-0.05, 0) is 12.8 Å². The number of nitrogens with one attached hydrogen (secondary N) is 1. The number of rotatable bonds is 4. The van der Waals surface area contributed by atoms with Crippen LogP contribution in [0.5, 0.6) is 0 Å². The summed E-state index contributed by atoms with van der Waals surface area (Å²) < 4.78 is 10.3. The van der Waals surface area contributed by atoms with E-state index in [0.29, 0.717) is 19.8 Å². The summed E-state index contributed by atoms with van der Waals surface area (Å²) in [6, 6.07) is 0. The molecule has 1 heterocycles. The van der Waals surface area contributed by atoms with Crippen molar-refractivity contribution < 1.29 is 19.4 Å². The standard InChI is InChI=1S/C13H21NO4/c15-10-13(4-2-1-3-5-13)9-14-12(16)11-8-17-6-7-18-11/h8,15H,1-7,9-10H2,(H,14,16). The minimum Gasteiger partial charge on any atom is -0.494 e. The molecule has 0 aromatic heterocycles. The predicted octanol–water partition coefficient (Wildman–Crippen LogP) is 0.934. The molecule has 1 aliphatic carbocycles. The minimum absolute atomic E-state index is 0.129. The maximum absolute atomic E-state index is 11.8. The van der Waals surface area contributed by atoms with Gasteiger partial charge in [0.25, 0.3) is 5.91 Å². The Morgan fingerprint density at radius 1 is 1.33 bits per heavy atom. The van der Waals surface area contributed by atoms with Crippen molar-refractivity contribution in [3.63, 3.8) is 0 Å². The first kappa shape index (κ1) is 13.2. The first-order chi connectivity index (χ1) is 8.76. The highest BCUT2D eigenvalue weighted by atomic mass is 16.6. The van der Waals surface area contributed by atoms with Gasteiger partial charge in [-0.1, -0.05) is 19.3 Å². The van der Waals surface area contributed by atoms with Gasteiger partial charge >= 0.3 is 0 Å². The van der Waals surface area contributed by atoms with Crippen LogP contribution in [0.15, 0.2) is 12.0 Å². The fraction of sp³-hybridized carbons (Fsp3) is 0.769. The topological polar surface area (TPSA) is 67.8 Å². The molecule has 0 bridgehead atoms. The molecule has 0 unspecified atom stereocenters. The molecule has 0 aromatic carbocycles. The van der Waals surface area contributed by atoms with Gasteiger partial charge in [0, 0.05) is 12.0 Å². The monoisotopic (exact) mass is 255 g/mol. The molecule has 0 radical (unpaired) electrons. The Balaban J connectivity index is 1.85. The third-order valence-corrected chi connectivity index (χ3v) is 3.75. The molecule has 0 aromatic rings. The van der Waals surface area contributed by atoms with Crippen molar-refractivity contribution in [2.45, 2.75) is 32.1 Å². The third kappa shape index (κ3) is 3.16. The van der Waals surface area contributed by atoms with E-state index in [1.165, 1.54) is 12.7 Å². The fourth-order valence-corrected chi connectivity index (χ4v) is 2.53. The zero-order valence-electron chi connectivity index (χ0n) is 10.6. The molecule has 2 N–H and O–H groups in total. The lowest BCUT2D eigenvalue weighted by Crippen LogP contribution is -2.42. The Hall–Kier alpha value is -1.23. The highest BCUT2D eigenvalue weighted by Crippen LogP contribution is 2.35. The normalized spacial score (nSPS) is 22.4. The SMILES string of the molecule is O=C(NCC1(CO)CCCCC1)C1=COCCO1. The summed E-state index contributed by atoms with van der Waals surface area (Å²) in [5.41, 5.74) is -0.149. The van der Waals surface area contributed by atoms with Gasteiger partial charge in [0.1, 0.15) is 19.5 Å². The molecule has 0 spiro atoms. The molecule has 0 atom stereocenters. The van der Waals surface area contributed by atoms with Crippen molar-refractivity contribution in [2.75, 3.05) is 26.4 Å². The number of ether oxygens (including phenoxy) is 2. The van der Waals surface area contributed by atoms with Gasteiger partial charge in [0.2, 0.25) is 5.76 Å². The summed E-state index contributed by atoms with van der Waals surface area (Å²) in [4.78, 5) is 11.8. The molecular weight excluding hydrogens is 234 g/mol. The van der Waals surface area contributed by atoms with E-state index >= 15 is 0 Å². The Bertz CT molecular complexity index is 321. The van der Waals surface area contributed by atoms with Crippen molar-refractivity contribution in [1.82, 2.24) is 5.32 Å². The summed E-state index contributed by atoms with van der Waals surface area (Å²) in [5, 5.41) is 12.4. The smallest absolute Gasteiger partial charge is 0.289 e. The number of carbonyl (C=O) groups is 1. The Labute approximate surface area is 107 Å². The first-order valence-corrected chi connectivity index (χ1v) is 6.59. The van der Waals surface area contributed by atoms with Crippen LogP contribution in [0, 0.1) is 5.41 Å². The molecule has 0 saturated heterocycles. The van der Waals surface area contributed by atoms with Crippen molar-refractivity contribution in [2.24, 2.45) is 5.41 Å². The molecule has 5 nitrogen and oxygen atoms in total. The van der Waals surface area contributed by atoms with Crippen LogP contribution in [-0.4, -0.2) is 37.4 Å². The van der Waals surface area contributed by atoms with E-state index in [4.69, 9.17) is 9.47 Å². The van der Waals surface area contributed by atoms with Crippen LogP contribution in [0.2, 0.25) is 0 Å². The maximum Gasteiger partial charge on any atom is 0.289 e. The second-order valence-electron chi connectivity index (χ2n) is 5.10. The van der Waals surface area contributed by atoms with Gasteiger partial charge in [-0.25, -0.2) is 0 Å². The number of amides is 1. The van der Waals surface area contributed by atoms with E-state index in [1.807, 2.05) is 0 Å². The van der Waals surface area contributed by atoms with Gasteiger partial charge in [-0.3, -0.25) is 4.79 Å². The fourth-order valence-electron chi connectivity index (χ4n) is 2.53. The van der Waals surface area contributed by atoms with Crippen LogP contribution in [-0.2, 0) is 14.3 Å². The van der Waals surface area contributed by atoms with Crippen molar-refractivity contribution >= 4 is 5.91 Å². The lowest BCUT2D eigenvalue weighted by atomic mass is 9.74. The third-order valence-electron chi connectivity index (χ3n) is 3.75. The van der Waals surface area contributed by atoms with E-state index in [9.17, 15) is 9.90 Å². The zero-order valence-corrected chi connectivity index (χ0v) is 10.6. The van der Waals surface area contributed by atoms with Crippen molar-refractivity contribution in [3.05, 3.63) is 12.0 Å². The van der Waals surface area contributed by atoms with E-state index in [0.717, 1.165) is 25.7 Å². The minimum atomic E-state index is -0.256. The summed E-state index contributed by atoms with van der Waals surface area (Å²) in [6.07, 6.45) is 6.76. The molecule has 18 heavy (non-hydrogen) atoms. The summed E-state index contributed by atoms with van der Waals surface area (Å²) in [6.45, 7) is 1.52. The average molecular weight is 255 g/mol. The number of carbonyl (C=O) groups excluding carboxylic acids is 1. The Morgan fingerprint density at radius 2 is 2.11 bits per heavy atom. The molecule has 1 fully saturated rings. The van der Waals surface area contributed by atoms with E-state index in [1.54, 1.807) is 0 Å². The average Bonchev–Trinajstić information content (AvgIpc) is 2.47. The van der Waals surface area contributed by atoms with Crippen LogP contribution in [0.4, 0.5) is 0 Å². The largest absolute Gasteiger partial charge is 0.494 e. The molecule has 5 heteroatoms. The quantitative estimate of drug-likeness (QED) is 0.784. The number of aliphatic hydroxyl groups is 1. The van der Waals surface area contributed by atoms with Crippen LogP contribution >= 0.6 is 0 Å². The number of hydrogen-bond donors (Lipinski definition) is 2. The highest BCUT2D eigenvalue weighted by molar-refractivity contribution is 5.91. The van der Waals surface area contributed by atoms with Gasteiger partial charge in [-0.2, -0.15) is 0 Å². The van der Waals surface area contributed by atoms with E-state index < -0.39 is 0 Å². The molecule has 1 aliphatic heterocycles. The molecule has 102 valence electrons. The van der Waals surface area contributed by atoms with Crippen LogP contribution < -0.4 is 5.32 Å². The lowest BCUT2D eigenvalue weighted by Gasteiger charge is -2.35. The second-order valence-corrected chi connectivity index (χ2v) is 5.10. The number of aliphatic hydroxyl groups excluding tert-OH is 1. The van der Waals surface area contributed by atoms with Crippen LogP contribution in [0.1, 0.15) is 32.1 Å². The predicted molar refractivity (Wildman–Crippen MR) is 65.6 cm³/mol. The van der Waals surface area contributed by atoms with Crippen LogP contribution in [0.25, 0.3) is 0 Å². The molecule has 1 amide bonds. The Morgan fingerprint density at radius 3 is 2.72 bits per heavy atom. The van der Waals surface area contributed by atoms with E-state index in [2.05, 4.69) is 5.32 Å². The zero-order chi connectivity index (χ0) is 12.8. The second kappa shape index (κ2) is 6.09. The van der Waals surface area contributed by atoms with Gasteiger partial charge in [0.05, 0.1) is 6.61 Å². The van der Waals surface area contributed by atoms with Gasteiger partial charge < -0.3 is 19.9 Å². The number of hydrogen-bond acceptors (Lipinski definition) is 4. The van der Waals surface area contributed by atoms with Gasteiger partial charge in [0.15, 0.2) is 0 Å². The summed E-state index contributed by atoms with van der Waals surface area (Å²) >= 11 is 0. The maximum atomic E-state index is 11.8. The van der Waals surface area contributed by atoms with Gasteiger partial charge in [-0.15, -0.1) is 0 Å². The molecule has 2 rings (SSSR count). The molecular formula is C13H21NO4. The van der Waals surface area contributed by atoms with Crippen molar-refractivity contribution in [3.8, 4) is 0 Å². The first-order valence-electron chi connectivity index (χ1n) is 6.59.